The molecule has 1 atom stereocenters. The summed E-state index contributed by atoms with van der Waals surface area (Å²) < 4.78 is 5.82. The summed E-state index contributed by atoms with van der Waals surface area (Å²) in [5, 5.41) is 10.8. The van der Waals surface area contributed by atoms with Gasteiger partial charge in [-0.1, -0.05) is 40.9 Å². The van der Waals surface area contributed by atoms with E-state index < -0.39 is 11.9 Å². The van der Waals surface area contributed by atoms with Crippen LogP contribution in [0.5, 0.6) is 0 Å². The summed E-state index contributed by atoms with van der Waals surface area (Å²) in [6.45, 7) is 1.55. The number of aliphatic hydroxyl groups excluding tert-OH is 1. The number of β-amino-alcohol motifs (C(OH)–C–C–N with tert-alkyl or cyclic N) is 1. The van der Waals surface area contributed by atoms with Crippen LogP contribution in [0.15, 0.2) is 39.5 Å². The topological polar surface area (TPSA) is 70.8 Å². The highest BCUT2D eigenvalue weighted by molar-refractivity contribution is 6.42. The molecule has 0 saturated carbocycles. The van der Waals surface area contributed by atoms with Crippen LogP contribution >= 0.6 is 34.8 Å². The van der Waals surface area contributed by atoms with Crippen molar-refractivity contribution in [1.82, 2.24) is 4.90 Å². The predicted octanol–water partition coefficient (Wildman–Crippen LogP) is 4.60. The van der Waals surface area contributed by atoms with Gasteiger partial charge in [0.25, 0.3) is 5.91 Å². The first kappa shape index (κ1) is 19.3. The van der Waals surface area contributed by atoms with E-state index in [0.29, 0.717) is 20.6 Å². The molecule has 1 amide bonds. The number of carbonyl (C=O) groups excluding carboxylic acids is 1. The Kier molecular flexibility index (Phi) is 4.88. The van der Waals surface area contributed by atoms with Crippen molar-refractivity contribution in [3.05, 3.63) is 78.1 Å². The van der Waals surface area contributed by atoms with E-state index in [0.717, 1.165) is 5.56 Å². The fourth-order valence-corrected chi connectivity index (χ4v) is 3.98. The van der Waals surface area contributed by atoms with Crippen LogP contribution in [-0.4, -0.2) is 29.1 Å². The molecule has 1 aliphatic rings. The summed E-state index contributed by atoms with van der Waals surface area (Å²) in [5.74, 6) is -0.504. The first-order valence-electron chi connectivity index (χ1n) is 8.47. The molecular formula is C20H14Cl3NO4. The molecule has 4 rings (SSSR count). The van der Waals surface area contributed by atoms with E-state index in [4.69, 9.17) is 39.2 Å². The largest absolute Gasteiger partial charge is 0.450 e. The van der Waals surface area contributed by atoms with Gasteiger partial charge in [0.1, 0.15) is 5.58 Å². The summed E-state index contributed by atoms with van der Waals surface area (Å²) in [4.78, 5) is 27.7. The van der Waals surface area contributed by atoms with Crippen molar-refractivity contribution in [2.45, 2.75) is 13.0 Å². The molecule has 144 valence electrons. The number of hydrogen-bond acceptors (Lipinski definition) is 4. The first-order valence-corrected chi connectivity index (χ1v) is 9.60. The number of amides is 1. The lowest BCUT2D eigenvalue weighted by Crippen LogP contribution is -2.32. The third kappa shape index (κ3) is 2.90. The van der Waals surface area contributed by atoms with E-state index >= 15 is 0 Å². The van der Waals surface area contributed by atoms with Gasteiger partial charge in [-0.2, -0.15) is 0 Å². The summed E-state index contributed by atoms with van der Waals surface area (Å²) >= 11 is 18.3. The van der Waals surface area contributed by atoms with Crippen molar-refractivity contribution in [3.8, 4) is 0 Å². The molecule has 2 heterocycles. The monoisotopic (exact) mass is 437 g/mol. The van der Waals surface area contributed by atoms with Crippen LogP contribution in [0.2, 0.25) is 15.1 Å². The maximum atomic E-state index is 13.3. The molecule has 0 fully saturated rings. The average Bonchev–Trinajstić information content (AvgIpc) is 2.93. The molecule has 1 aliphatic heterocycles. The normalized spacial score (nSPS) is 16.1. The zero-order valence-corrected chi connectivity index (χ0v) is 16.9. The quantitative estimate of drug-likeness (QED) is 0.649. The Bertz CT molecular complexity index is 1190. The molecular weight excluding hydrogens is 425 g/mol. The van der Waals surface area contributed by atoms with Gasteiger partial charge >= 0.3 is 0 Å². The second-order valence-corrected chi connectivity index (χ2v) is 7.79. The molecule has 0 radical (unpaired) electrons. The lowest BCUT2D eigenvalue weighted by Gasteiger charge is -2.24. The minimum absolute atomic E-state index is 0.0313. The third-order valence-corrected chi connectivity index (χ3v) is 5.99. The molecule has 1 N–H and O–H groups in total. The number of rotatable bonds is 3. The van der Waals surface area contributed by atoms with Gasteiger partial charge in [-0.25, -0.2) is 0 Å². The van der Waals surface area contributed by atoms with Gasteiger partial charge in [-0.3, -0.25) is 9.59 Å². The Morgan fingerprint density at radius 1 is 1.07 bits per heavy atom. The maximum Gasteiger partial charge on any atom is 0.290 e. The Hall–Kier alpha value is -2.05. The third-order valence-electron chi connectivity index (χ3n) is 4.85. The number of nitrogens with zero attached hydrogens (tertiary/aromatic N) is 1. The fourth-order valence-electron chi connectivity index (χ4n) is 3.51. The van der Waals surface area contributed by atoms with E-state index in [1.807, 2.05) is 0 Å². The molecule has 1 unspecified atom stereocenters. The molecule has 28 heavy (non-hydrogen) atoms. The number of hydrogen-bond donors (Lipinski definition) is 1. The van der Waals surface area contributed by atoms with Crippen molar-refractivity contribution in [1.29, 1.82) is 0 Å². The van der Waals surface area contributed by atoms with Crippen LogP contribution < -0.4 is 5.43 Å². The zero-order valence-electron chi connectivity index (χ0n) is 14.6. The van der Waals surface area contributed by atoms with Crippen LogP contribution in [-0.2, 0) is 0 Å². The van der Waals surface area contributed by atoms with E-state index in [9.17, 15) is 14.7 Å². The molecule has 1 aromatic heterocycles. The van der Waals surface area contributed by atoms with Crippen LogP contribution in [0.1, 0.15) is 33.3 Å². The second-order valence-electron chi connectivity index (χ2n) is 6.57. The van der Waals surface area contributed by atoms with Crippen molar-refractivity contribution in [3.63, 3.8) is 0 Å². The molecule has 5 nitrogen and oxygen atoms in total. The van der Waals surface area contributed by atoms with Gasteiger partial charge in [-0.05, 0) is 42.3 Å². The molecule has 0 saturated heterocycles. The Morgan fingerprint density at radius 2 is 1.82 bits per heavy atom. The summed E-state index contributed by atoms with van der Waals surface area (Å²) in [6.07, 6.45) is 0. The highest BCUT2D eigenvalue weighted by Gasteiger charge is 2.42. The number of benzene rings is 2. The van der Waals surface area contributed by atoms with Crippen LogP contribution in [0, 0.1) is 6.92 Å². The summed E-state index contributed by atoms with van der Waals surface area (Å²) in [5.41, 5.74) is 1.47. The number of carbonyl (C=O) groups is 1. The number of halogens is 3. The van der Waals surface area contributed by atoms with Gasteiger partial charge in [0.2, 0.25) is 5.76 Å². The molecule has 0 bridgehead atoms. The minimum atomic E-state index is -0.745. The predicted molar refractivity (Wildman–Crippen MR) is 109 cm³/mol. The molecule has 3 aromatic rings. The van der Waals surface area contributed by atoms with Gasteiger partial charge < -0.3 is 14.4 Å². The number of aliphatic hydroxyl groups is 1. The molecule has 0 spiro atoms. The Morgan fingerprint density at radius 3 is 2.50 bits per heavy atom. The lowest BCUT2D eigenvalue weighted by molar-refractivity contribution is 0.0691. The first-order chi connectivity index (χ1) is 13.3. The zero-order chi connectivity index (χ0) is 20.2. The van der Waals surface area contributed by atoms with Gasteiger partial charge in [0.15, 0.2) is 5.43 Å². The Balaban J connectivity index is 2.03. The second kappa shape index (κ2) is 7.08. The van der Waals surface area contributed by atoms with Gasteiger partial charge in [0, 0.05) is 11.6 Å². The van der Waals surface area contributed by atoms with Crippen LogP contribution in [0.25, 0.3) is 11.0 Å². The van der Waals surface area contributed by atoms with Crippen molar-refractivity contribution in [2.75, 3.05) is 13.2 Å². The lowest BCUT2D eigenvalue weighted by atomic mass is 9.98. The minimum Gasteiger partial charge on any atom is -0.450 e. The van der Waals surface area contributed by atoms with Crippen molar-refractivity contribution >= 4 is 51.7 Å². The Labute approximate surface area is 175 Å². The summed E-state index contributed by atoms with van der Waals surface area (Å²) in [6, 6.07) is 7.33. The summed E-state index contributed by atoms with van der Waals surface area (Å²) in [7, 11) is 0. The smallest absolute Gasteiger partial charge is 0.290 e. The molecule has 8 heteroatoms. The average molecular weight is 439 g/mol. The molecule has 0 aliphatic carbocycles. The molecule has 2 aromatic carbocycles. The van der Waals surface area contributed by atoms with E-state index in [1.54, 1.807) is 37.3 Å². The standard InChI is InChI=1S/C20H14Cl3NO4/c1-9-6-15-11(8-13(9)22)18(26)16-17(10-2-3-12(21)14(23)7-10)24(4-5-25)20(27)19(16)28-15/h2-3,6-8,17,25H,4-5H2,1H3. The van der Waals surface area contributed by atoms with E-state index in [2.05, 4.69) is 0 Å². The maximum absolute atomic E-state index is 13.3. The van der Waals surface area contributed by atoms with Crippen LogP contribution in [0.3, 0.4) is 0 Å². The van der Waals surface area contributed by atoms with Crippen molar-refractivity contribution < 1.29 is 14.3 Å². The van der Waals surface area contributed by atoms with Gasteiger partial charge in [0.05, 0.1) is 33.6 Å². The highest BCUT2D eigenvalue weighted by atomic mass is 35.5. The van der Waals surface area contributed by atoms with E-state index in [-0.39, 0.29) is 40.9 Å². The SMILES string of the molecule is Cc1cc2oc3c(c(=O)c2cc1Cl)C(c1ccc(Cl)c(Cl)c1)N(CCO)C3=O. The van der Waals surface area contributed by atoms with Crippen LogP contribution in [0.4, 0.5) is 0 Å². The van der Waals surface area contributed by atoms with E-state index in [1.165, 1.54) is 4.90 Å². The highest BCUT2D eigenvalue weighted by Crippen LogP contribution is 2.40. The number of fused-ring (bicyclic) bond motifs is 2. The van der Waals surface area contributed by atoms with Crippen molar-refractivity contribution in [2.24, 2.45) is 0 Å². The van der Waals surface area contributed by atoms with Gasteiger partial charge in [-0.15, -0.1) is 0 Å². The fraction of sp³-hybridized carbons (Fsp3) is 0.200. The number of aryl methyl sites for hydroxylation is 1.